The summed E-state index contributed by atoms with van der Waals surface area (Å²) in [6, 6.07) is 0.913. The third kappa shape index (κ3) is 2.29. The van der Waals surface area contributed by atoms with Gasteiger partial charge in [0.1, 0.15) is 0 Å². The molecule has 1 heterocycles. The molecule has 2 rings (SSSR count). The Bertz CT molecular complexity index is 164. The van der Waals surface area contributed by atoms with Crippen LogP contribution >= 0.6 is 0 Å². The zero-order valence-corrected chi connectivity index (χ0v) is 9.47. The lowest BCUT2D eigenvalue weighted by molar-refractivity contribution is 0.0890. The molecule has 2 aliphatic rings. The number of nitrogens with one attached hydrogen (secondary N) is 1. The standard InChI is InChI=1S/C12H24N2/c1-2-11-5-3-4-6-12(11)14-9-7-13-8-10-14/h11-13H,2-10H2,1H3. The highest BCUT2D eigenvalue weighted by molar-refractivity contribution is 4.84. The topological polar surface area (TPSA) is 15.3 Å². The molecular weight excluding hydrogens is 172 g/mol. The van der Waals surface area contributed by atoms with Gasteiger partial charge in [-0.05, 0) is 18.8 Å². The van der Waals surface area contributed by atoms with Crippen LogP contribution in [-0.4, -0.2) is 37.1 Å². The van der Waals surface area contributed by atoms with Gasteiger partial charge in [-0.2, -0.15) is 0 Å². The van der Waals surface area contributed by atoms with Crippen molar-refractivity contribution < 1.29 is 0 Å². The molecule has 1 aliphatic heterocycles. The average molecular weight is 196 g/mol. The summed E-state index contributed by atoms with van der Waals surface area (Å²) in [5, 5.41) is 3.44. The van der Waals surface area contributed by atoms with Crippen molar-refractivity contribution >= 4 is 0 Å². The first kappa shape index (κ1) is 10.4. The summed E-state index contributed by atoms with van der Waals surface area (Å²) >= 11 is 0. The van der Waals surface area contributed by atoms with Gasteiger partial charge in [0.05, 0.1) is 0 Å². The Morgan fingerprint density at radius 1 is 1.14 bits per heavy atom. The van der Waals surface area contributed by atoms with E-state index in [1.807, 2.05) is 0 Å². The van der Waals surface area contributed by atoms with E-state index < -0.39 is 0 Å². The third-order valence-electron chi connectivity index (χ3n) is 4.01. The summed E-state index contributed by atoms with van der Waals surface area (Å²) in [5.41, 5.74) is 0. The van der Waals surface area contributed by atoms with Crippen molar-refractivity contribution in [3.05, 3.63) is 0 Å². The van der Waals surface area contributed by atoms with Crippen molar-refractivity contribution in [3.8, 4) is 0 Å². The maximum absolute atomic E-state index is 3.44. The molecule has 2 atom stereocenters. The zero-order chi connectivity index (χ0) is 9.80. The van der Waals surface area contributed by atoms with E-state index in [4.69, 9.17) is 0 Å². The molecule has 2 unspecified atom stereocenters. The Hall–Kier alpha value is -0.0800. The number of piperazine rings is 1. The number of rotatable bonds is 2. The minimum atomic E-state index is 0.913. The molecule has 0 aromatic heterocycles. The van der Waals surface area contributed by atoms with E-state index in [9.17, 15) is 0 Å². The van der Waals surface area contributed by atoms with Gasteiger partial charge in [-0.1, -0.05) is 26.2 Å². The molecule has 82 valence electrons. The zero-order valence-electron chi connectivity index (χ0n) is 9.47. The summed E-state index contributed by atoms with van der Waals surface area (Å²) in [7, 11) is 0. The van der Waals surface area contributed by atoms with Gasteiger partial charge in [0.15, 0.2) is 0 Å². The van der Waals surface area contributed by atoms with Gasteiger partial charge in [0.2, 0.25) is 0 Å². The molecule has 1 N–H and O–H groups in total. The van der Waals surface area contributed by atoms with Crippen LogP contribution in [-0.2, 0) is 0 Å². The van der Waals surface area contributed by atoms with Crippen LogP contribution in [0.2, 0.25) is 0 Å². The molecule has 2 heteroatoms. The van der Waals surface area contributed by atoms with Crippen LogP contribution in [0.5, 0.6) is 0 Å². The second-order valence-corrected chi connectivity index (χ2v) is 4.81. The molecule has 1 saturated heterocycles. The molecule has 2 fully saturated rings. The van der Waals surface area contributed by atoms with Crippen molar-refractivity contribution in [1.82, 2.24) is 10.2 Å². The lowest BCUT2D eigenvalue weighted by atomic mass is 9.82. The van der Waals surface area contributed by atoms with Crippen molar-refractivity contribution in [1.29, 1.82) is 0 Å². The summed E-state index contributed by atoms with van der Waals surface area (Å²) < 4.78 is 0. The van der Waals surface area contributed by atoms with Gasteiger partial charge >= 0.3 is 0 Å². The maximum Gasteiger partial charge on any atom is 0.0124 e. The van der Waals surface area contributed by atoms with Crippen molar-refractivity contribution in [3.63, 3.8) is 0 Å². The van der Waals surface area contributed by atoms with Crippen LogP contribution in [0, 0.1) is 5.92 Å². The predicted molar refractivity (Wildman–Crippen MR) is 60.5 cm³/mol. The van der Waals surface area contributed by atoms with E-state index in [0.717, 1.165) is 12.0 Å². The van der Waals surface area contributed by atoms with Crippen molar-refractivity contribution in [2.45, 2.75) is 45.1 Å². The van der Waals surface area contributed by atoms with E-state index >= 15 is 0 Å². The van der Waals surface area contributed by atoms with Gasteiger partial charge in [-0.3, -0.25) is 4.90 Å². The average Bonchev–Trinajstić information content (AvgIpc) is 2.30. The minimum absolute atomic E-state index is 0.913. The largest absolute Gasteiger partial charge is 0.314 e. The minimum Gasteiger partial charge on any atom is -0.314 e. The monoisotopic (exact) mass is 196 g/mol. The van der Waals surface area contributed by atoms with Crippen LogP contribution < -0.4 is 5.32 Å². The molecule has 1 aliphatic carbocycles. The Kier molecular flexibility index (Phi) is 3.82. The molecule has 14 heavy (non-hydrogen) atoms. The van der Waals surface area contributed by atoms with Gasteiger partial charge in [-0.15, -0.1) is 0 Å². The normalized spacial score (nSPS) is 35.8. The van der Waals surface area contributed by atoms with Gasteiger partial charge in [-0.25, -0.2) is 0 Å². The highest BCUT2D eigenvalue weighted by Crippen LogP contribution is 2.30. The van der Waals surface area contributed by atoms with Gasteiger partial charge in [0, 0.05) is 32.2 Å². The first-order valence-electron chi connectivity index (χ1n) is 6.36. The molecule has 1 saturated carbocycles. The van der Waals surface area contributed by atoms with Crippen molar-refractivity contribution in [2.75, 3.05) is 26.2 Å². The molecule has 0 radical (unpaired) electrons. The molecule has 0 aromatic rings. The fourth-order valence-corrected chi connectivity index (χ4v) is 3.16. The molecule has 0 bridgehead atoms. The Morgan fingerprint density at radius 2 is 1.86 bits per heavy atom. The maximum atomic E-state index is 3.44. The quantitative estimate of drug-likeness (QED) is 0.725. The smallest absolute Gasteiger partial charge is 0.0124 e. The number of hydrogen-bond acceptors (Lipinski definition) is 2. The first-order valence-corrected chi connectivity index (χ1v) is 6.36. The van der Waals surface area contributed by atoms with Gasteiger partial charge in [0.25, 0.3) is 0 Å². The van der Waals surface area contributed by atoms with Crippen LogP contribution in [0.25, 0.3) is 0 Å². The Balaban J connectivity index is 1.91. The van der Waals surface area contributed by atoms with Crippen LogP contribution in [0.3, 0.4) is 0 Å². The lowest BCUT2D eigenvalue weighted by Gasteiger charge is -2.41. The van der Waals surface area contributed by atoms with Gasteiger partial charge < -0.3 is 5.32 Å². The molecule has 2 nitrogen and oxygen atoms in total. The third-order valence-corrected chi connectivity index (χ3v) is 4.01. The van der Waals surface area contributed by atoms with Crippen LogP contribution in [0.4, 0.5) is 0 Å². The molecule has 0 spiro atoms. The fraction of sp³-hybridized carbons (Fsp3) is 1.00. The molecular formula is C12H24N2. The number of hydrogen-bond donors (Lipinski definition) is 1. The van der Waals surface area contributed by atoms with Crippen LogP contribution in [0.15, 0.2) is 0 Å². The van der Waals surface area contributed by atoms with E-state index in [2.05, 4.69) is 17.1 Å². The molecule has 0 amide bonds. The second kappa shape index (κ2) is 5.13. The Labute approximate surface area is 88.1 Å². The SMILES string of the molecule is CCC1CCCCC1N1CCNCC1. The van der Waals surface area contributed by atoms with E-state index in [-0.39, 0.29) is 0 Å². The highest BCUT2D eigenvalue weighted by Gasteiger charge is 2.29. The fourth-order valence-electron chi connectivity index (χ4n) is 3.16. The highest BCUT2D eigenvalue weighted by atomic mass is 15.2. The predicted octanol–water partition coefficient (Wildman–Crippen LogP) is 1.86. The van der Waals surface area contributed by atoms with E-state index in [1.165, 1.54) is 58.3 Å². The lowest BCUT2D eigenvalue weighted by Crippen LogP contribution is -2.51. The summed E-state index contributed by atoms with van der Waals surface area (Å²) in [4.78, 5) is 2.74. The van der Waals surface area contributed by atoms with E-state index in [1.54, 1.807) is 0 Å². The van der Waals surface area contributed by atoms with Crippen LogP contribution in [0.1, 0.15) is 39.0 Å². The van der Waals surface area contributed by atoms with E-state index in [0.29, 0.717) is 0 Å². The summed E-state index contributed by atoms with van der Waals surface area (Å²) in [6.45, 7) is 7.33. The Morgan fingerprint density at radius 3 is 2.57 bits per heavy atom. The summed E-state index contributed by atoms with van der Waals surface area (Å²) in [5.74, 6) is 0.988. The summed E-state index contributed by atoms with van der Waals surface area (Å²) in [6.07, 6.45) is 7.25. The second-order valence-electron chi connectivity index (χ2n) is 4.81. The first-order chi connectivity index (χ1) is 6.92. The molecule has 0 aromatic carbocycles. The number of nitrogens with zero attached hydrogens (tertiary/aromatic N) is 1. The van der Waals surface area contributed by atoms with Crippen molar-refractivity contribution in [2.24, 2.45) is 5.92 Å².